The molecule has 1 aromatic heterocycles. The fraction of sp³-hybridized carbons (Fsp3) is 0.667. The molecule has 0 aromatic carbocycles. The van der Waals surface area contributed by atoms with Gasteiger partial charge in [-0.1, -0.05) is 6.07 Å². The molecule has 0 radical (unpaired) electrons. The van der Waals surface area contributed by atoms with Crippen LogP contribution in [0.2, 0.25) is 0 Å². The van der Waals surface area contributed by atoms with E-state index in [2.05, 4.69) is 26.2 Å². The van der Waals surface area contributed by atoms with Gasteiger partial charge in [0.2, 0.25) is 5.91 Å². The first-order valence-corrected chi connectivity index (χ1v) is 8.81. The van der Waals surface area contributed by atoms with Crippen LogP contribution < -0.4 is 5.32 Å². The summed E-state index contributed by atoms with van der Waals surface area (Å²) in [5.74, 6) is 1.13. The van der Waals surface area contributed by atoms with E-state index in [0.717, 1.165) is 45.2 Å². The summed E-state index contributed by atoms with van der Waals surface area (Å²) >= 11 is 0. The van der Waals surface area contributed by atoms with Crippen molar-refractivity contribution in [1.29, 1.82) is 0 Å². The SMILES string of the molecule is O=C1CC2(CN1)CN(Cc1cccnc1)CCN(CC1CC1)C2. The molecule has 0 bridgehead atoms. The molecular formula is C18H26N4O. The Morgan fingerprint density at radius 3 is 2.78 bits per heavy atom. The number of nitrogens with zero attached hydrogens (tertiary/aromatic N) is 3. The van der Waals surface area contributed by atoms with Gasteiger partial charge >= 0.3 is 0 Å². The Bertz CT molecular complexity index is 559. The third-order valence-corrected chi connectivity index (χ3v) is 5.39. The van der Waals surface area contributed by atoms with Crippen LogP contribution >= 0.6 is 0 Å². The molecule has 1 unspecified atom stereocenters. The van der Waals surface area contributed by atoms with Gasteiger partial charge < -0.3 is 10.2 Å². The number of rotatable bonds is 4. The van der Waals surface area contributed by atoms with Gasteiger partial charge in [0.05, 0.1) is 0 Å². The van der Waals surface area contributed by atoms with Crippen molar-refractivity contribution in [2.24, 2.45) is 11.3 Å². The second-order valence-electron chi connectivity index (χ2n) is 7.70. The van der Waals surface area contributed by atoms with Gasteiger partial charge in [0, 0.05) is 70.0 Å². The number of aromatic nitrogens is 1. The van der Waals surface area contributed by atoms with Crippen LogP contribution in [0.5, 0.6) is 0 Å². The standard InChI is InChI=1S/C18H26N4O/c23-17-8-18(12-20-17)13-21(10-15-3-4-15)6-7-22(14-18)11-16-2-1-5-19-9-16/h1-2,5,9,15H,3-4,6-8,10-14H2,(H,20,23). The van der Waals surface area contributed by atoms with E-state index in [1.165, 1.54) is 24.9 Å². The van der Waals surface area contributed by atoms with E-state index in [0.29, 0.717) is 6.42 Å². The minimum Gasteiger partial charge on any atom is -0.355 e. The van der Waals surface area contributed by atoms with E-state index in [9.17, 15) is 4.79 Å². The lowest BCUT2D eigenvalue weighted by atomic mass is 9.86. The fourth-order valence-electron chi connectivity index (χ4n) is 4.12. The molecule has 3 aliphatic rings. The van der Waals surface area contributed by atoms with E-state index in [-0.39, 0.29) is 11.3 Å². The number of carbonyl (C=O) groups excluding carboxylic acids is 1. The highest BCUT2D eigenvalue weighted by Gasteiger charge is 2.43. The number of amides is 1. The number of pyridine rings is 1. The second kappa shape index (κ2) is 6.21. The zero-order chi connectivity index (χ0) is 15.7. The van der Waals surface area contributed by atoms with Gasteiger partial charge in [-0.25, -0.2) is 0 Å². The van der Waals surface area contributed by atoms with Gasteiger partial charge in [0.15, 0.2) is 0 Å². The first kappa shape index (κ1) is 15.1. The van der Waals surface area contributed by atoms with E-state index >= 15 is 0 Å². The summed E-state index contributed by atoms with van der Waals surface area (Å²) in [5.41, 5.74) is 1.35. The van der Waals surface area contributed by atoms with Gasteiger partial charge in [-0.3, -0.25) is 14.7 Å². The van der Waals surface area contributed by atoms with Crippen molar-refractivity contribution in [1.82, 2.24) is 20.1 Å². The number of hydrogen-bond donors (Lipinski definition) is 1. The summed E-state index contributed by atoms with van der Waals surface area (Å²) in [6, 6.07) is 4.15. The average molecular weight is 314 g/mol. The second-order valence-corrected chi connectivity index (χ2v) is 7.70. The Kier molecular flexibility index (Phi) is 4.07. The maximum absolute atomic E-state index is 11.9. The molecule has 2 saturated heterocycles. The van der Waals surface area contributed by atoms with Gasteiger partial charge in [0.1, 0.15) is 0 Å². The normalized spacial score (nSPS) is 29.7. The van der Waals surface area contributed by atoms with Crippen molar-refractivity contribution in [3.05, 3.63) is 30.1 Å². The highest BCUT2D eigenvalue weighted by Crippen LogP contribution is 2.35. The molecule has 124 valence electrons. The van der Waals surface area contributed by atoms with Crippen LogP contribution in [0.1, 0.15) is 24.8 Å². The van der Waals surface area contributed by atoms with Crippen LogP contribution in [0.3, 0.4) is 0 Å². The molecule has 1 aromatic rings. The van der Waals surface area contributed by atoms with E-state index in [4.69, 9.17) is 0 Å². The molecule has 1 N–H and O–H groups in total. The summed E-state index contributed by atoms with van der Waals surface area (Å²) in [6.45, 7) is 7.24. The van der Waals surface area contributed by atoms with Crippen molar-refractivity contribution in [3.63, 3.8) is 0 Å². The molecule has 23 heavy (non-hydrogen) atoms. The lowest BCUT2D eigenvalue weighted by molar-refractivity contribution is -0.119. The van der Waals surface area contributed by atoms with Crippen molar-refractivity contribution >= 4 is 5.91 Å². The predicted octanol–water partition coefficient (Wildman–Crippen LogP) is 1.12. The number of nitrogens with one attached hydrogen (secondary N) is 1. The van der Waals surface area contributed by atoms with Crippen LogP contribution in [0.4, 0.5) is 0 Å². The van der Waals surface area contributed by atoms with Gasteiger partial charge in [0.25, 0.3) is 0 Å². The van der Waals surface area contributed by atoms with Gasteiger partial charge in [-0.15, -0.1) is 0 Å². The monoisotopic (exact) mass is 314 g/mol. The summed E-state index contributed by atoms with van der Waals surface area (Å²) in [6.07, 6.45) is 7.24. The lowest BCUT2D eigenvalue weighted by Gasteiger charge is -2.33. The molecule has 1 aliphatic carbocycles. The highest BCUT2D eigenvalue weighted by molar-refractivity contribution is 5.79. The van der Waals surface area contributed by atoms with Crippen LogP contribution in [0, 0.1) is 11.3 Å². The quantitative estimate of drug-likeness (QED) is 0.905. The third kappa shape index (κ3) is 3.72. The lowest BCUT2D eigenvalue weighted by Crippen LogP contribution is -2.42. The zero-order valence-electron chi connectivity index (χ0n) is 13.7. The summed E-state index contributed by atoms with van der Waals surface area (Å²) in [4.78, 5) is 21.2. The Labute approximate surface area is 138 Å². The van der Waals surface area contributed by atoms with Gasteiger partial charge in [-0.2, -0.15) is 0 Å². The largest absolute Gasteiger partial charge is 0.355 e. The van der Waals surface area contributed by atoms with Crippen LogP contribution in [-0.4, -0.2) is 60.0 Å². The topological polar surface area (TPSA) is 48.5 Å². The number of hydrogen-bond acceptors (Lipinski definition) is 4. The smallest absolute Gasteiger partial charge is 0.220 e. The maximum Gasteiger partial charge on any atom is 0.220 e. The van der Waals surface area contributed by atoms with Crippen molar-refractivity contribution in [2.45, 2.75) is 25.8 Å². The molecule has 2 aliphatic heterocycles. The van der Waals surface area contributed by atoms with Crippen molar-refractivity contribution in [2.75, 3.05) is 39.3 Å². The molecule has 1 atom stereocenters. The molecule has 1 amide bonds. The van der Waals surface area contributed by atoms with Crippen molar-refractivity contribution < 1.29 is 4.79 Å². The van der Waals surface area contributed by atoms with Crippen LogP contribution in [-0.2, 0) is 11.3 Å². The molecule has 3 fully saturated rings. The zero-order valence-corrected chi connectivity index (χ0v) is 13.7. The van der Waals surface area contributed by atoms with Crippen LogP contribution in [0.25, 0.3) is 0 Å². The summed E-state index contributed by atoms with van der Waals surface area (Å²) in [7, 11) is 0. The van der Waals surface area contributed by atoms with E-state index in [1.807, 2.05) is 18.5 Å². The fourth-order valence-corrected chi connectivity index (χ4v) is 4.12. The molecule has 1 saturated carbocycles. The minimum atomic E-state index is 0.0880. The molecular weight excluding hydrogens is 288 g/mol. The molecule has 3 heterocycles. The molecule has 4 rings (SSSR count). The first-order chi connectivity index (χ1) is 11.2. The highest BCUT2D eigenvalue weighted by atomic mass is 16.1. The minimum absolute atomic E-state index is 0.0880. The molecule has 1 spiro atoms. The predicted molar refractivity (Wildman–Crippen MR) is 88.7 cm³/mol. The van der Waals surface area contributed by atoms with E-state index < -0.39 is 0 Å². The maximum atomic E-state index is 11.9. The third-order valence-electron chi connectivity index (χ3n) is 5.39. The van der Waals surface area contributed by atoms with E-state index in [1.54, 1.807) is 0 Å². The summed E-state index contributed by atoms with van der Waals surface area (Å²) in [5, 5.41) is 3.08. The Hall–Kier alpha value is -1.46. The number of carbonyl (C=O) groups is 1. The first-order valence-electron chi connectivity index (χ1n) is 8.81. The Morgan fingerprint density at radius 2 is 2.09 bits per heavy atom. The van der Waals surface area contributed by atoms with Gasteiger partial charge in [-0.05, 0) is 30.4 Å². The van der Waals surface area contributed by atoms with Crippen LogP contribution in [0.15, 0.2) is 24.5 Å². The Balaban J connectivity index is 1.48. The summed E-state index contributed by atoms with van der Waals surface area (Å²) < 4.78 is 0. The Morgan fingerprint density at radius 1 is 1.26 bits per heavy atom. The molecule has 5 heteroatoms. The average Bonchev–Trinajstić information content (AvgIpc) is 3.30. The van der Waals surface area contributed by atoms with Crippen molar-refractivity contribution in [3.8, 4) is 0 Å². The molecule has 5 nitrogen and oxygen atoms in total.